The molecule has 1 amide bonds. The summed E-state index contributed by atoms with van der Waals surface area (Å²) in [6.45, 7) is 4.59. The summed E-state index contributed by atoms with van der Waals surface area (Å²) in [5, 5.41) is 8.07. The topological polar surface area (TPSA) is 78.3 Å². The average Bonchev–Trinajstić information content (AvgIpc) is 2.98. The van der Waals surface area contributed by atoms with Gasteiger partial charge in [-0.2, -0.15) is 5.10 Å². The summed E-state index contributed by atoms with van der Waals surface area (Å²) in [6, 6.07) is 7.43. The highest BCUT2D eigenvalue weighted by Crippen LogP contribution is 2.28. The Balaban J connectivity index is 1.70. The number of carbonyl (C=O) groups excluding carboxylic acids is 1. The summed E-state index contributed by atoms with van der Waals surface area (Å²) < 4.78 is 12.7. The Morgan fingerprint density at radius 1 is 1.29 bits per heavy atom. The number of hydrogen-bond donors (Lipinski definition) is 1. The summed E-state index contributed by atoms with van der Waals surface area (Å²) >= 11 is 0. The highest BCUT2D eigenvalue weighted by atomic mass is 16.5. The van der Waals surface area contributed by atoms with Gasteiger partial charge >= 0.3 is 0 Å². The molecule has 0 atom stereocenters. The fourth-order valence-electron chi connectivity index (χ4n) is 2.85. The Morgan fingerprint density at radius 2 is 2.11 bits per heavy atom. The lowest BCUT2D eigenvalue weighted by molar-refractivity contribution is -0.111. The molecule has 1 N–H and O–H groups in total. The molecule has 0 radical (unpaired) electrons. The number of rotatable bonds is 7. The van der Waals surface area contributed by atoms with Crippen molar-refractivity contribution < 1.29 is 14.3 Å². The van der Waals surface area contributed by atoms with Crippen LogP contribution in [0.15, 0.2) is 36.5 Å². The van der Waals surface area contributed by atoms with Gasteiger partial charge in [0.1, 0.15) is 0 Å². The van der Waals surface area contributed by atoms with Gasteiger partial charge in [0.2, 0.25) is 5.91 Å². The van der Waals surface area contributed by atoms with Crippen LogP contribution in [0, 0.1) is 6.92 Å². The molecule has 7 nitrogen and oxygen atoms in total. The predicted octanol–water partition coefficient (Wildman–Crippen LogP) is 3.73. The monoisotopic (exact) mass is 380 g/mol. The molecule has 0 aliphatic heterocycles. The average molecular weight is 380 g/mol. The van der Waals surface area contributed by atoms with Crippen LogP contribution in [-0.4, -0.2) is 34.4 Å². The number of fused-ring (bicyclic) bond motifs is 1. The first-order valence-corrected chi connectivity index (χ1v) is 9.11. The number of aryl methyl sites for hydroxylation is 2. The third kappa shape index (κ3) is 4.31. The van der Waals surface area contributed by atoms with Crippen LogP contribution in [0.1, 0.15) is 24.6 Å². The van der Waals surface area contributed by atoms with Crippen LogP contribution in [0.2, 0.25) is 0 Å². The molecular weight excluding hydrogens is 356 g/mol. The molecule has 1 aromatic carbocycles. The predicted molar refractivity (Wildman–Crippen MR) is 110 cm³/mol. The molecule has 2 aromatic heterocycles. The Kier molecular flexibility index (Phi) is 5.93. The lowest BCUT2D eigenvalue weighted by Gasteiger charge is -2.10. The number of nitrogens with zero attached hydrogens (tertiary/aromatic N) is 3. The van der Waals surface area contributed by atoms with Gasteiger partial charge in [0, 0.05) is 18.5 Å². The lowest BCUT2D eigenvalue weighted by atomic mass is 10.2. The first-order chi connectivity index (χ1) is 13.5. The SMILES string of the molecule is CCCOc1ccc(/C=C/C(=O)Nc2cnc3c(c2)c(C)nn3C)cc1OC. The van der Waals surface area contributed by atoms with Crippen molar-refractivity contribution in [3.8, 4) is 11.5 Å². The molecule has 0 saturated heterocycles. The first-order valence-electron chi connectivity index (χ1n) is 9.11. The molecule has 0 bridgehead atoms. The van der Waals surface area contributed by atoms with Crippen molar-refractivity contribution >= 4 is 28.7 Å². The van der Waals surface area contributed by atoms with E-state index in [1.165, 1.54) is 6.08 Å². The second-order valence-electron chi connectivity index (χ2n) is 6.39. The summed E-state index contributed by atoms with van der Waals surface area (Å²) in [5.74, 6) is 1.09. The van der Waals surface area contributed by atoms with Gasteiger partial charge in [-0.05, 0) is 43.2 Å². The Morgan fingerprint density at radius 3 is 2.86 bits per heavy atom. The van der Waals surface area contributed by atoms with Crippen LogP contribution < -0.4 is 14.8 Å². The van der Waals surface area contributed by atoms with Gasteiger partial charge in [-0.25, -0.2) is 4.98 Å². The quantitative estimate of drug-likeness (QED) is 0.632. The van der Waals surface area contributed by atoms with Crippen LogP contribution in [0.25, 0.3) is 17.1 Å². The third-order valence-corrected chi connectivity index (χ3v) is 4.21. The minimum Gasteiger partial charge on any atom is -0.493 e. The number of amides is 1. The van der Waals surface area contributed by atoms with E-state index in [0.717, 1.165) is 28.7 Å². The Labute approximate surface area is 164 Å². The van der Waals surface area contributed by atoms with E-state index >= 15 is 0 Å². The highest BCUT2D eigenvalue weighted by Gasteiger charge is 2.08. The summed E-state index contributed by atoms with van der Waals surface area (Å²) in [6.07, 6.45) is 5.74. The van der Waals surface area contributed by atoms with Crippen LogP contribution in [0.4, 0.5) is 5.69 Å². The molecule has 0 saturated carbocycles. The largest absolute Gasteiger partial charge is 0.493 e. The van der Waals surface area contributed by atoms with Crippen molar-refractivity contribution in [2.75, 3.05) is 19.0 Å². The number of ether oxygens (including phenoxy) is 2. The molecule has 0 aliphatic carbocycles. The van der Waals surface area contributed by atoms with Gasteiger partial charge in [-0.1, -0.05) is 13.0 Å². The lowest BCUT2D eigenvalue weighted by Crippen LogP contribution is -2.08. The zero-order valence-electron chi connectivity index (χ0n) is 16.5. The number of hydrogen-bond acceptors (Lipinski definition) is 5. The van der Waals surface area contributed by atoms with E-state index in [1.54, 1.807) is 24.1 Å². The summed E-state index contributed by atoms with van der Waals surface area (Å²) in [5.41, 5.74) is 3.12. The second-order valence-corrected chi connectivity index (χ2v) is 6.39. The van der Waals surface area contributed by atoms with Gasteiger partial charge in [0.05, 0.1) is 31.3 Å². The molecule has 3 rings (SSSR count). The van der Waals surface area contributed by atoms with E-state index in [0.29, 0.717) is 23.8 Å². The molecule has 28 heavy (non-hydrogen) atoms. The Hall–Kier alpha value is -3.35. The molecule has 0 aliphatic rings. The Bertz CT molecular complexity index is 1020. The minimum atomic E-state index is -0.243. The van der Waals surface area contributed by atoms with E-state index in [2.05, 4.69) is 15.4 Å². The number of pyridine rings is 1. The van der Waals surface area contributed by atoms with E-state index in [9.17, 15) is 4.79 Å². The fraction of sp³-hybridized carbons (Fsp3) is 0.286. The molecule has 0 fully saturated rings. The molecule has 3 aromatic rings. The zero-order valence-corrected chi connectivity index (χ0v) is 16.5. The highest BCUT2D eigenvalue weighted by molar-refractivity contribution is 6.02. The van der Waals surface area contributed by atoms with Gasteiger partial charge in [-0.15, -0.1) is 0 Å². The van der Waals surface area contributed by atoms with E-state index in [4.69, 9.17) is 9.47 Å². The summed E-state index contributed by atoms with van der Waals surface area (Å²) in [7, 11) is 3.44. The number of aromatic nitrogens is 3. The van der Waals surface area contributed by atoms with Crippen molar-refractivity contribution in [1.82, 2.24) is 14.8 Å². The zero-order chi connectivity index (χ0) is 20.1. The van der Waals surface area contributed by atoms with Crippen LogP contribution in [0.5, 0.6) is 11.5 Å². The van der Waals surface area contributed by atoms with Crippen LogP contribution in [-0.2, 0) is 11.8 Å². The maximum absolute atomic E-state index is 12.3. The summed E-state index contributed by atoms with van der Waals surface area (Å²) in [4.78, 5) is 16.6. The van der Waals surface area contributed by atoms with Crippen molar-refractivity contribution in [3.63, 3.8) is 0 Å². The van der Waals surface area contributed by atoms with Crippen molar-refractivity contribution in [1.29, 1.82) is 0 Å². The molecular formula is C21H24N4O3. The number of methoxy groups -OCH3 is 1. The van der Waals surface area contributed by atoms with E-state index in [-0.39, 0.29) is 5.91 Å². The molecule has 0 unspecified atom stereocenters. The van der Waals surface area contributed by atoms with E-state index in [1.807, 2.05) is 45.2 Å². The molecule has 146 valence electrons. The van der Waals surface area contributed by atoms with Gasteiger partial charge < -0.3 is 14.8 Å². The molecule has 7 heteroatoms. The molecule has 0 spiro atoms. The fourth-order valence-corrected chi connectivity index (χ4v) is 2.85. The van der Waals surface area contributed by atoms with Gasteiger partial charge in [-0.3, -0.25) is 9.48 Å². The normalized spacial score (nSPS) is 11.1. The number of nitrogens with one attached hydrogen (secondary N) is 1. The van der Waals surface area contributed by atoms with Gasteiger partial charge in [0.15, 0.2) is 17.1 Å². The second kappa shape index (κ2) is 8.56. The first kappa shape index (κ1) is 19.4. The van der Waals surface area contributed by atoms with Crippen molar-refractivity contribution in [2.24, 2.45) is 7.05 Å². The van der Waals surface area contributed by atoms with Gasteiger partial charge in [0.25, 0.3) is 0 Å². The third-order valence-electron chi connectivity index (χ3n) is 4.21. The smallest absolute Gasteiger partial charge is 0.248 e. The van der Waals surface area contributed by atoms with Crippen molar-refractivity contribution in [2.45, 2.75) is 20.3 Å². The standard InChI is InChI=1S/C21H24N4O3/c1-5-10-28-18-8-6-15(11-19(18)27-4)7-9-20(26)23-16-12-17-14(2)24-25(3)21(17)22-13-16/h6-9,11-13H,5,10H2,1-4H3,(H,23,26)/b9-7+. The molecule has 2 heterocycles. The maximum atomic E-state index is 12.3. The number of benzene rings is 1. The number of anilines is 1. The maximum Gasteiger partial charge on any atom is 0.248 e. The van der Waals surface area contributed by atoms with Crippen LogP contribution >= 0.6 is 0 Å². The van der Waals surface area contributed by atoms with Crippen molar-refractivity contribution in [3.05, 3.63) is 47.8 Å². The van der Waals surface area contributed by atoms with E-state index < -0.39 is 0 Å². The van der Waals surface area contributed by atoms with Crippen LogP contribution in [0.3, 0.4) is 0 Å². The number of carbonyl (C=O) groups is 1. The minimum absolute atomic E-state index is 0.243.